The van der Waals surface area contributed by atoms with Gasteiger partial charge in [0.2, 0.25) is 5.95 Å². The van der Waals surface area contributed by atoms with Crippen molar-refractivity contribution in [1.82, 2.24) is 9.55 Å². The summed E-state index contributed by atoms with van der Waals surface area (Å²) in [5, 5.41) is 22.7. The molecule has 0 amide bonds. The van der Waals surface area contributed by atoms with Gasteiger partial charge in [-0.1, -0.05) is 29.8 Å². The van der Waals surface area contributed by atoms with Crippen LogP contribution < -0.4 is 5.32 Å². The maximum absolute atomic E-state index is 9.52. The highest BCUT2D eigenvalue weighted by Crippen LogP contribution is 2.26. The molecule has 3 rings (SSSR count). The second-order valence-electron chi connectivity index (χ2n) is 5.21. The number of aromatic nitrogens is 2. The summed E-state index contributed by atoms with van der Waals surface area (Å²) in [6, 6.07) is 12.3. The maximum atomic E-state index is 9.52. The second-order valence-corrected chi connectivity index (χ2v) is 5.65. The fourth-order valence-electron chi connectivity index (χ4n) is 2.35. The van der Waals surface area contributed by atoms with E-state index in [2.05, 4.69) is 10.3 Å². The quantitative estimate of drug-likeness (QED) is 0.637. The summed E-state index contributed by atoms with van der Waals surface area (Å²) < 4.78 is 1.94. The van der Waals surface area contributed by atoms with Crippen LogP contribution in [0.5, 0.6) is 11.5 Å². The summed E-state index contributed by atoms with van der Waals surface area (Å²) in [5.74, 6) is 0.435. The lowest BCUT2D eigenvalue weighted by Gasteiger charge is -2.09. The van der Waals surface area contributed by atoms with E-state index in [1.165, 1.54) is 12.1 Å². The average Bonchev–Trinajstić information content (AvgIpc) is 2.89. The van der Waals surface area contributed by atoms with Crippen molar-refractivity contribution in [3.8, 4) is 22.8 Å². The Balaban J connectivity index is 1.78. The van der Waals surface area contributed by atoms with Crippen LogP contribution in [-0.4, -0.2) is 19.8 Å². The molecule has 0 saturated carbocycles. The van der Waals surface area contributed by atoms with Gasteiger partial charge in [-0.2, -0.15) is 0 Å². The first-order chi connectivity index (χ1) is 11.0. The minimum atomic E-state index is -0.135. The van der Waals surface area contributed by atoms with Crippen molar-refractivity contribution in [2.24, 2.45) is 7.05 Å². The normalized spacial score (nSPS) is 10.7. The number of phenols is 2. The number of phenolic OH excluding ortho intramolecular Hbond substituents is 2. The molecule has 5 nitrogen and oxygen atoms in total. The molecule has 0 aliphatic rings. The van der Waals surface area contributed by atoms with E-state index in [4.69, 9.17) is 11.6 Å². The molecule has 0 spiro atoms. The SMILES string of the molecule is Cn1c(-c2cccc(Cl)c2)cnc1NCc1ccc(O)c(O)c1. The number of nitrogens with zero attached hydrogens (tertiary/aromatic N) is 2. The molecule has 0 unspecified atom stereocenters. The van der Waals surface area contributed by atoms with Gasteiger partial charge in [0.25, 0.3) is 0 Å². The van der Waals surface area contributed by atoms with Crippen LogP contribution in [0.4, 0.5) is 5.95 Å². The van der Waals surface area contributed by atoms with Crippen LogP contribution in [0, 0.1) is 0 Å². The summed E-state index contributed by atoms with van der Waals surface area (Å²) in [5.41, 5.74) is 2.78. The lowest BCUT2D eigenvalue weighted by Crippen LogP contribution is -2.05. The van der Waals surface area contributed by atoms with Crippen LogP contribution >= 0.6 is 11.6 Å². The molecule has 1 heterocycles. The molecular weight excluding hydrogens is 314 g/mol. The maximum Gasteiger partial charge on any atom is 0.203 e. The van der Waals surface area contributed by atoms with Gasteiger partial charge in [-0.05, 0) is 29.8 Å². The molecule has 0 saturated heterocycles. The molecular formula is C17H16ClN3O2. The van der Waals surface area contributed by atoms with E-state index in [1.54, 1.807) is 12.3 Å². The van der Waals surface area contributed by atoms with Gasteiger partial charge in [0.15, 0.2) is 11.5 Å². The molecule has 23 heavy (non-hydrogen) atoms. The molecule has 0 aliphatic carbocycles. The summed E-state index contributed by atoms with van der Waals surface area (Å²) in [4.78, 5) is 4.37. The Hall–Kier alpha value is -2.66. The van der Waals surface area contributed by atoms with Crippen molar-refractivity contribution < 1.29 is 10.2 Å². The average molecular weight is 330 g/mol. The third-order valence-electron chi connectivity index (χ3n) is 3.60. The minimum Gasteiger partial charge on any atom is -0.504 e. The van der Waals surface area contributed by atoms with E-state index in [-0.39, 0.29) is 11.5 Å². The largest absolute Gasteiger partial charge is 0.504 e. The molecule has 0 radical (unpaired) electrons. The van der Waals surface area contributed by atoms with Crippen molar-refractivity contribution in [3.05, 3.63) is 59.2 Å². The number of aromatic hydroxyl groups is 2. The monoisotopic (exact) mass is 329 g/mol. The number of rotatable bonds is 4. The Kier molecular flexibility index (Phi) is 4.12. The molecule has 2 aromatic carbocycles. The molecule has 1 aromatic heterocycles. The fraction of sp³-hybridized carbons (Fsp3) is 0.118. The van der Waals surface area contributed by atoms with E-state index < -0.39 is 0 Å². The number of anilines is 1. The Morgan fingerprint density at radius 1 is 1.13 bits per heavy atom. The van der Waals surface area contributed by atoms with Gasteiger partial charge >= 0.3 is 0 Å². The van der Waals surface area contributed by atoms with Gasteiger partial charge in [-0.3, -0.25) is 0 Å². The van der Waals surface area contributed by atoms with Crippen LogP contribution in [0.1, 0.15) is 5.56 Å². The Morgan fingerprint density at radius 3 is 2.70 bits per heavy atom. The summed E-state index contributed by atoms with van der Waals surface area (Å²) >= 11 is 6.03. The number of halogens is 1. The van der Waals surface area contributed by atoms with E-state index in [9.17, 15) is 10.2 Å². The zero-order chi connectivity index (χ0) is 16.4. The summed E-state index contributed by atoms with van der Waals surface area (Å²) in [6.07, 6.45) is 1.78. The minimum absolute atomic E-state index is 0.131. The number of hydrogen-bond acceptors (Lipinski definition) is 4. The molecule has 6 heteroatoms. The van der Waals surface area contributed by atoms with Crippen molar-refractivity contribution >= 4 is 17.5 Å². The van der Waals surface area contributed by atoms with Crippen LogP contribution in [-0.2, 0) is 13.6 Å². The first kappa shape index (κ1) is 15.2. The lowest BCUT2D eigenvalue weighted by atomic mass is 10.2. The van der Waals surface area contributed by atoms with E-state index in [1.807, 2.05) is 35.9 Å². The fourth-order valence-corrected chi connectivity index (χ4v) is 2.54. The van der Waals surface area contributed by atoms with Crippen molar-refractivity contribution in [3.63, 3.8) is 0 Å². The van der Waals surface area contributed by atoms with Gasteiger partial charge in [0, 0.05) is 24.2 Å². The molecule has 0 aliphatic heterocycles. The second kappa shape index (κ2) is 6.22. The Labute approximate surface area is 138 Å². The van der Waals surface area contributed by atoms with E-state index >= 15 is 0 Å². The van der Waals surface area contributed by atoms with Gasteiger partial charge in [-0.25, -0.2) is 4.98 Å². The smallest absolute Gasteiger partial charge is 0.203 e. The Bertz CT molecular complexity index is 846. The van der Waals surface area contributed by atoms with Gasteiger partial charge < -0.3 is 20.1 Å². The van der Waals surface area contributed by atoms with Crippen LogP contribution in [0.2, 0.25) is 5.02 Å². The first-order valence-corrected chi connectivity index (χ1v) is 7.45. The highest BCUT2D eigenvalue weighted by Gasteiger charge is 2.09. The lowest BCUT2D eigenvalue weighted by molar-refractivity contribution is 0.403. The highest BCUT2D eigenvalue weighted by atomic mass is 35.5. The predicted octanol–water partition coefficient (Wildman–Crippen LogP) is 3.76. The van der Waals surface area contributed by atoms with Crippen LogP contribution in [0.15, 0.2) is 48.7 Å². The molecule has 118 valence electrons. The molecule has 3 aromatic rings. The molecule has 0 bridgehead atoms. The third kappa shape index (κ3) is 3.24. The van der Waals surface area contributed by atoms with E-state index in [0.29, 0.717) is 17.5 Å². The van der Waals surface area contributed by atoms with Crippen LogP contribution in [0.3, 0.4) is 0 Å². The number of benzene rings is 2. The van der Waals surface area contributed by atoms with E-state index in [0.717, 1.165) is 16.8 Å². The molecule has 3 N–H and O–H groups in total. The van der Waals surface area contributed by atoms with Crippen molar-refractivity contribution in [1.29, 1.82) is 0 Å². The number of nitrogens with one attached hydrogen (secondary N) is 1. The van der Waals surface area contributed by atoms with Crippen molar-refractivity contribution in [2.75, 3.05) is 5.32 Å². The topological polar surface area (TPSA) is 70.3 Å². The summed E-state index contributed by atoms with van der Waals surface area (Å²) in [7, 11) is 1.92. The zero-order valence-electron chi connectivity index (χ0n) is 12.5. The zero-order valence-corrected chi connectivity index (χ0v) is 13.2. The van der Waals surface area contributed by atoms with Gasteiger partial charge in [0.1, 0.15) is 0 Å². The molecule has 0 fully saturated rings. The summed E-state index contributed by atoms with van der Waals surface area (Å²) in [6.45, 7) is 0.480. The number of hydrogen-bond donors (Lipinski definition) is 3. The third-order valence-corrected chi connectivity index (χ3v) is 3.83. The van der Waals surface area contributed by atoms with Crippen LogP contribution in [0.25, 0.3) is 11.3 Å². The standard InChI is InChI=1S/C17H16ClN3O2/c1-21-14(12-3-2-4-13(18)8-12)10-20-17(21)19-9-11-5-6-15(22)16(23)7-11/h2-8,10,22-23H,9H2,1H3,(H,19,20). The predicted molar refractivity (Wildman–Crippen MR) is 90.8 cm³/mol. The van der Waals surface area contributed by atoms with Gasteiger partial charge in [0.05, 0.1) is 11.9 Å². The first-order valence-electron chi connectivity index (χ1n) is 7.07. The van der Waals surface area contributed by atoms with Crippen molar-refractivity contribution in [2.45, 2.75) is 6.54 Å². The Morgan fingerprint density at radius 2 is 1.96 bits per heavy atom. The highest BCUT2D eigenvalue weighted by molar-refractivity contribution is 6.30. The van der Waals surface area contributed by atoms with Gasteiger partial charge in [-0.15, -0.1) is 0 Å². The molecule has 0 atom stereocenters. The number of imidazole rings is 1.